The largest absolute Gasteiger partial charge is 0.468 e. The third kappa shape index (κ3) is 2.66. The molecule has 1 N–H and O–H groups in total. The number of nitrogens with zero attached hydrogens (tertiary/aromatic N) is 1. The molecule has 0 radical (unpaired) electrons. The molecular weight excluding hydrogens is 236 g/mol. The van der Waals surface area contributed by atoms with Gasteiger partial charge >= 0.3 is 0 Å². The standard InChI is InChI=1S/C16H16N2O/c1-12(16-5-3-9-19-16)18-11-13-6-7-15-14(10-13)4-2-8-17-15/h2-10,12,18H,11H2,1H3. The first-order chi connectivity index (χ1) is 9.33. The fourth-order valence-corrected chi connectivity index (χ4v) is 2.14. The zero-order chi connectivity index (χ0) is 13.1. The number of hydrogen-bond acceptors (Lipinski definition) is 3. The van der Waals surface area contributed by atoms with Crippen LogP contribution in [0.2, 0.25) is 0 Å². The van der Waals surface area contributed by atoms with E-state index >= 15 is 0 Å². The zero-order valence-electron chi connectivity index (χ0n) is 10.8. The first-order valence-corrected chi connectivity index (χ1v) is 6.43. The number of furan rings is 1. The van der Waals surface area contributed by atoms with Crippen LogP contribution in [0.25, 0.3) is 10.9 Å². The van der Waals surface area contributed by atoms with Crippen molar-refractivity contribution in [3.63, 3.8) is 0 Å². The Bertz CT molecular complexity index is 661. The molecule has 2 aromatic heterocycles. The molecule has 3 heteroatoms. The highest BCUT2D eigenvalue weighted by Gasteiger charge is 2.07. The summed E-state index contributed by atoms with van der Waals surface area (Å²) in [4.78, 5) is 4.32. The summed E-state index contributed by atoms with van der Waals surface area (Å²) in [5.74, 6) is 0.961. The van der Waals surface area contributed by atoms with Gasteiger partial charge in [-0.2, -0.15) is 0 Å². The van der Waals surface area contributed by atoms with E-state index < -0.39 is 0 Å². The van der Waals surface area contributed by atoms with E-state index in [1.54, 1.807) is 6.26 Å². The van der Waals surface area contributed by atoms with Gasteiger partial charge in [0.2, 0.25) is 0 Å². The second-order valence-electron chi connectivity index (χ2n) is 4.65. The fraction of sp³-hybridized carbons (Fsp3) is 0.188. The van der Waals surface area contributed by atoms with E-state index in [-0.39, 0.29) is 6.04 Å². The van der Waals surface area contributed by atoms with Gasteiger partial charge in [-0.05, 0) is 42.8 Å². The molecule has 0 fully saturated rings. The number of pyridine rings is 1. The maximum atomic E-state index is 5.38. The van der Waals surface area contributed by atoms with Crippen molar-refractivity contribution in [3.8, 4) is 0 Å². The van der Waals surface area contributed by atoms with Crippen LogP contribution < -0.4 is 5.32 Å². The van der Waals surface area contributed by atoms with Gasteiger partial charge in [-0.15, -0.1) is 0 Å². The summed E-state index contributed by atoms with van der Waals surface area (Å²) in [5, 5.41) is 4.63. The summed E-state index contributed by atoms with van der Waals surface area (Å²) in [6, 6.07) is 14.5. The predicted octanol–water partition coefficient (Wildman–Crippen LogP) is 3.68. The van der Waals surface area contributed by atoms with Crippen molar-refractivity contribution in [2.45, 2.75) is 19.5 Å². The Balaban J connectivity index is 1.71. The maximum absolute atomic E-state index is 5.38. The van der Waals surface area contributed by atoms with Crippen molar-refractivity contribution in [2.75, 3.05) is 0 Å². The number of benzene rings is 1. The van der Waals surface area contributed by atoms with Crippen LogP contribution >= 0.6 is 0 Å². The molecule has 0 aliphatic carbocycles. The summed E-state index contributed by atoms with van der Waals surface area (Å²) < 4.78 is 5.38. The summed E-state index contributed by atoms with van der Waals surface area (Å²) in [5.41, 5.74) is 2.28. The highest BCUT2D eigenvalue weighted by molar-refractivity contribution is 5.78. The van der Waals surface area contributed by atoms with Gasteiger partial charge in [-0.3, -0.25) is 4.98 Å². The number of rotatable bonds is 4. The second kappa shape index (κ2) is 5.24. The normalized spacial score (nSPS) is 12.7. The molecule has 2 heterocycles. The smallest absolute Gasteiger partial charge is 0.120 e. The minimum atomic E-state index is 0.208. The lowest BCUT2D eigenvalue weighted by molar-refractivity contribution is 0.430. The summed E-state index contributed by atoms with van der Waals surface area (Å²) in [7, 11) is 0. The van der Waals surface area contributed by atoms with E-state index in [1.807, 2.05) is 24.4 Å². The van der Waals surface area contributed by atoms with Crippen molar-refractivity contribution < 1.29 is 4.42 Å². The van der Waals surface area contributed by atoms with Gasteiger partial charge < -0.3 is 9.73 Å². The van der Waals surface area contributed by atoms with Gasteiger partial charge in [0.25, 0.3) is 0 Å². The van der Waals surface area contributed by atoms with Crippen LogP contribution in [0, 0.1) is 0 Å². The SMILES string of the molecule is CC(NCc1ccc2ncccc2c1)c1ccco1. The van der Waals surface area contributed by atoms with Gasteiger partial charge in [0, 0.05) is 18.1 Å². The van der Waals surface area contributed by atoms with Crippen LogP contribution in [-0.4, -0.2) is 4.98 Å². The van der Waals surface area contributed by atoms with Crippen molar-refractivity contribution in [3.05, 3.63) is 66.2 Å². The molecule has 3 rings (SSSR count). The topological polar surface area (TPSA) is 38.1 Å². The minimum absolute atomic E-state index is 0.208. The van der Waals surface area contributed by atoms with E-state index in [4.69, 9.17) is 4.42 Å². The molecule has 1 aromatic carbocycles. The number of fused-ring (bicyclic) bond motifs is 1. The molecule has 1 atom stereocenters. The molecule has 0 spiro atoms. The Labute approximate surface area is 112 Å². The number of hydrogen-bond donors (Lipinski definition) is 1. The van der Waals surface area contributed by atoms with Gasteiger partial charge in [-0.1, -0.05) is 12.1 Å². The van der Waals surface area contributed by atoms with Crippen LogP contribution in [-0.2, 0) is 6.54 Å². The third-order valence-corrected chi connectivity index (χ3v) is 3.25. The highest BCUT2D eigenvalue weighted by atomic mass is 16.3. The Morgan fingerprint density at radius 2 is 2.16 bits per heavy atom. The molecule has 0 saturated carbocycles. The molecule has 0 amide bonds. The molecule has 19 heavy (non-hydrogen) atoms. The van der Waals surface area contributed by atoms with Gasteiger partial charge in [0.1, 0.15) is 5.76 Å². The molecule has 0 aliphatic heterocycles. The summed E-state index contributed by atoms with van der Waals surface area (Å²) >= 11 is 0. The Kier molecular flexibility index (Phi) is 3.29. The predicted molar refractivity (Wildman–Crippen MR) is 75.7 cm³/mol. The summed E-state index contributed by atoms with van der Waals surface area (Å²) in [6.07, 6.45) is 3.52. The highest BCUT2D eigenvalue weighted by Crippen LogP contribution is 2.16. The molecule has 0 saturated heterocycles. The Morgan fingerprint density at radius 3 is 3.00 bits per heavy atom. The molecule has 96 valence electrons. The zero-order valence-corrected chi connectivity index (χ0v) is 10.8. The van der Waals surface area contributed by atoms with Crippen molar-refractivity contribution in [1.29, 1.82) is 0 Å². The lowest BCUT2D eigenvalue weighted by Gasteiger charge is -2.11. The first kappa shape index (κ1) is 11.9. The maximum Gasteiger partial charge on any atom is 0.120 e. The van der Waals surface area contributed by atoms with Crippen LogP contribution in [0.5, 0.6) is 0 Å². The lowest BCUT2D eigenvalue weighted by Crippen LogP contribution is -2.17. The Morgan fingerprint density at radius 1 is 1.21 bits per heavy atom. The monoisotopic (exact) mass is 252 g/mol. The third-order valence-electron chi connectivity index (χ3n) is 3.25. The van der Waals surface area contributed by atoms with E-state index in [9.17, 15) is 0 Å². The lowest BCUT2D eigenvalue weighted by atomic mass is 10.1. The van der Waals surface area contributed by atoms with Gasteiger partial charge in [-0.25, -0.2) is 0 Å². The van der Waals surface area contributed by atoms with Crippen molar-refractivity contribution >= 4 is 10.9 Å². The summed E-state index contributed by atoms with van der Waals surface area (Å²) in [6.45, 7) is 2.91. The minimum Gasteiger partial charge on any atom is -0.468 e. The second-order valence-corrected chi connectivity index (χ2v) is 4.65. The van der Waals surface area contributed by atoms with E-state index in [1.165, 1.54) is 10.9 Å². The quantitative estimate of drug-likeness (QED) is 0.769. The average molecular weight is 252 g/mol. The van der Waals surface area contributed by atoms with E-state index in [0.29, 0.717) is 0 Å². The average Bonchev–Trinajstić information content (AvgIpc) is 2.99. The molecule has 3 nitrogen and oxygen atoms in total. The molecule has 0 aliphatic rings. The van der Waals surface area contributed by atoms with Crippen molar-refractivity contribution in [2.24, 2.45) is 0 Å². The first-order valence-electron chi connectivity index (χ1n) is 6.43. The van der Waals surface area contributed by atoms with Crippen LogP contribution in [0.1, 0.15) is 24.3 Å². The number of aromatic nitrogens is 1. The van der Waals surface area contributed by atoms with Gasteiger partial charge in [0.05, 0.1) is 17.8 Å². The van der Waals surface area contributed by atoms with Crippen LogP contribution in [0.15, 0.2) is 59.3 Å². The number of nitrogens with one attached hydrogen (secondary N) is 1. The van der Waals surface area contributed by atoms with Crippen LogP contribution in [0.3, 0.4) is 0 Å². The molecular formula is C16H16N2O. The van der Waals surface area contributed by atoms with Crippen molar-refractivity contribution in [1.82, 2.24) is 10.3 Å². The van der Waals surface area contributed by atoms with Gasteiger partial charge in [0.15, 0.2) is 0 Å². The molecule has 3 aromatic rings. The molecule has 0 bridgehead atoms. The fourth-order valence-electron chi connectivity index (χ4n) is 2.14. The van der Waals surface area contributed by atoms with E-state index in [0.717, 1.165) is 17.8 Å². The molecule has 1 unspecified atom stereocenters. The Hall–Kier alpha value is -2.13. The van der Waals surface area contributed by atoms with E-state index in [2.05, 4.69) is 41.5 Å². The van der Waals surface area contributed by atoms with Crippen LogP contribution in [0.4, 0.5) is 0 Å².